The predicted molar refractivity (Wildman–Crippen MR) is 82.8 cm³/mol. The van der Waals surface area contributed by atoms with E-state index in [-0.39, 0.29) is 5.97 Å². The monoisotopic (exact) mass is 343 g/mol. The van der Waals surface area contributed by atoms with E-state index >= 15 is 0 Å². The first kappa shape index (κ1) is 17.0. The molecule has 0 saturated heterocycles. The molecule has 0 aliphatic heterocycles. The SMILES string of the molecule is CCOC(=O)C(C)Oc1ccc(Br)c(CNC(C)C)c1. The second-order valence-electron chi connectivity index (χ2n) is 4.80. The van der Waals surface area contributed by atoms with Gasteiger partial charge in [0, 0.05) is 17.1 Å². The van der Waals surface area contributed by atoms with Crippen LogP contribution in [0.2, 0.25) is 0 Å². The van der Waals surface area contributed by atoms with Gasteiger partial charge in [-0.1, -0.05) is 29.8 Å². The Morgan fingerprint density at radius 3 is 2.65 bits per heavy atom. The lowest BCUT2D eigenvalue weighted by atomic mass is 10.2. The van der Waals surface area contributed by atoms with Crippen LogP contribution in [0.5, 0.6) is 5.75 Å². The van der Waals surface area contributed by atoms with Crippen LogP contribution in [-0.2, 0) is 16.1 Å². The third-order valence-electron chi connectivity index (χ3n) is 2.65. The molecule has 1 unspecified atom stereocenters. The highest BCUT2D eigenvalue weighted by molar-refractivity contribution is 9.10. The van der Waals surface area contributed by atoms with Crippen LogP contribution in [0, 0.1) is 0 Å². The second kappa shape index (κ2) is 8.27. The lowest BCUT2D eigenvalue weighted by molar-refractivity contribution is -0.150. The number of esters is 1. The molecule has 1 aromatic rings. The van der Waals surface area contributed by atoms with E-state index in [0.717, 1.165) is 16.6 Å². The molecule has 112 valence electrons. The van der Waals surface area contributed by atoms with Crippen molar-refractivity contribution in [1.82, 2.24) is 5.32 Å². The van der Waals surface area contributed by atoms with Crippen molar-refractivity contribution in [3.63, 3.8) is 0 Å². The molecule has 20 heavy (non-hydrogen) atoms. The minimum atomic E-state index is -0.609. The number of benzene rings is 1. The summed E-state index contributed by atoms with van der Waals surface area (Å²) in [5.74, 6) is 0.312. The maximum Gasteiger partial charge on any atom is 0.347 e. The Balaban J connectivity index is 2.71. The van der Waals surface area contributed by atoms with Crippen molar-refractivity contribution in [2.24, 2.45) is 0 Å². The standard InChI is InChI=1S/C15H22BrNO3/c1-5-19-15(18)11(4)20-13-6-7-14(16)12(8-13)9-17-10(2)3/h6-8,10-11,17H,5,9H2,1-4H3. The average Bonchev–Trinajstić information content (AvgIpc) is 2.39. The van der Waals surface area contributed by atoms with Crippen LogP contribution < -0.4 is 10.1 Å². The molecule has 0 spiro atoms. The number of carbonyl (C=O) groups is 1. The van der Waals surface area contributed by atoms with E-state index in [1.165, 1.54) is 0 Å². The van der Waals surface area contributed by atoms with Crippen molar-refractivity contribution in [3.05, 3.63) is 28.2 Å². The van der Waals surface area contributed by atoms with Gasteiger partial charge in [0.2, 0.25) is 0 Å². The summed E-state index contributed by atoms with van der Waals surface area (Å²) in [6.45, 7) is 8.75. The maximum absolute atomic E-state index is 11.5. The van der Waals surface area contributed by atoms with Gasteiger partial charge in [-0.05, 0) is 37.6 Å². The molecule has 0 aromatic heterocycles. The lowest BCUT2D eigenvalue weighted by Gasteiger charge is -2.15. The van der Waals surface area contributed by atoms with E-state index in [1.54, 1.807) is 13.8 Å². The van der Waals surface area contributed by atoms with Crippen LogP contribution >= 0.6 is 15.9 Å². The summed E-state index contributed by atoms with van der Waals surface area (Å²) >= 11 is 3.51. The number of nitrogens with one attached hydrogen (secondary N) is 1. The van der Waals surface area contributed by atoms with Crippen molar-refractivity contribution >= 4 is 21.9 Å². The molecule has 1 aromatic carbocycles. The van der Waals surface area contributed by atoms with Gasteiger partial charge in [0.1, 0.15) is 5.75 Å². The Morgan fingerprint density at radius 1 is 1.35 bits per heavy atom. The summed E-state index contributed by atoms with van der Waals surface area (Å²) < 4.78 is 11.5. The van der Waals surface area contributed by atoms with Crippen molar-refractivity contribution in [3.8, 4) is 5.75 Å². The fourth-order valence-corrected chi connectivity index (χ4v) is 1.97. The summed E-state index contributed by atoms with van der Waals surface area (Å²) in [6, 6.07) is 6.09. The maximum atomic E-state index is 11.5. The summed E-state index contributed by atoms with van der Waals surface area (Å²) in [6.07, 6.45) is -0.609. The minimum absolute atomic E-state index is 0.350. The van der Waals surface area contributed by atoms with E-state index in [0.29, 0.717) is 18.4 Å². The highest BCUT2D eigenvalue weighted by atomic mass is 79.9. The summed E-state index contributed by atoms with van der Waals surface area (Å²) in [4.78, 5) is 11.5. The third kappa shape index (κ3) is 5.51. The number of rotatable bonds is 7. The van der Waals surface area contributed by atoms with Crippen LogP contribution in [0.25, 0.3) is 0 Å². The van der Waals surface area contributed by atoms with Crippen LogP contribution in [0.4, 0.5) is 0 Å². The van der Waals surface area contributed by atoms with E-state index in [2.05, 4.69) is 35.1 Å². The molecular formula is C15H22BrNO3. The first-order valence-corrected chi connectivity index (χ1v) is 7.58. The van der Waals surface area contributed by atoms with Crippen molar-refractivity contribution in [2.45, 2.75) is 46.4 Å². The van der Waals surface area contributed by atoms with Crippen LogP contribution in [0.3, 0.4) is 0 Å². The highest BCUT2D eigenvalue weighted by Crippen LogP contribution is 2.23. The van der Waals surface area contributed by atoms with Crippen LogP contribution in [0.1, 0.15) is 33.3 Å². The molecule has 0 saturated carbocycles. The summed E-state index contributed by atoms with van der Waals surface area (Å²) in [5, 5.41) is 3.35. The van der Waals surface area contributed by atoms with Crippen LogP contribution in [-0.4, -0.2) is 24.7 Å². The van der Waals surface area contributed by atoms with Gasteiger partial charge in [-0.3, -0.25) is 0 Å². The molecule has 1 N–H and O–H groups in total. The van der Waals surface area contributed by atoms with Gasteiger partial charge in [0.25, 0.3) is 0 Å². The molecule has 1 rings (SSSR count). The molecule has 0 bridgehead atoms. The van der Waals surface area contributed by atoms with Crippen molar-refractivity contribution in [1.29, 1.82) is 0 Å². The van der Waals surface area contributed by atoms with Gasteiger partial charge in [-0.15, -0.1) is 0 Å². The zero-order chi connectivity index (χ0) is 15.1. The minimum Gasteiger partial charge on any atom is -0.479 e. The van der Waals surface area contributed by atoms with Gasteiger partial charge in [0.05, 0.1) is 6.61 Å². The molecular weight excluding hydrogens is 322 g/mol. The van der Waals surface area contributed by atoms with Gasteiger partial charge in [0.15, 0.2) is 6.10 Å². The Labute approximate surface area is 129 Å². The lowest BCUT2D eigenvalue weighted by Crippen LogP contribution is -2.26. The molecule has 4 nitrogen and oxygen atoms in total. The zero-order valence-corrected chi connectivity index (χ0v) is 14.0. The Hall–Kier alpha value is -1.07. The number of hydrogen-bond donors (Lipinski definition) is 1. The first-order valence-electron chi connectivity index (χ1n) is 6.79. The van der Waals surface area contributed by atoms with Gasteiger partial charge in [-0.25, -0.2) is 4.79 Å². The Bertz CT molecular complexity index is 449. The summed E-state index contributed by atoms with van der Waals surface area (Å²) in [5.41, 5.74) is 1.09. The normalized spacial score (nSPS) is 12.3. The smallest absolute Gasteiger partial charge is 0.347 e. The molecule has 0 aliphatic rings. The van der Waals surface area contributed by atoms with E-state index < -0.39 is 6.10 Å². The summed E-state index contributed by atoms with van der Waals surface area (Å²) in [7, 11) is 0. The molecule has 0 aliphatic carbocycles. The second-order valence-corrected chi connectivity index (χ2v) is 5.66. The Kier molecular flexibility index (Phi) is 7.02. The number of halogens is 1. The largest absolute Gasteiger partial charge is 0.479 e. The Morgan fingerprint density at radius 2 is 2.05 bits per heavy atom. The molecule has 0 heterocycles. The van der Waals surface area contributed by atoms with Crippen LogP contribution in [0.15, 0.2) is 22.7 Å². The zero-order valence-electron chi connectivity index (χ0n) is 12.4. The van der Waals surface area contributed by atoms with Crippen molar-refractivity contribution < 1.29 is 14.3 Å². The van der Waals surface area contributed by atoms with E-state index in [9.17, 15) is 4.79 Å². The molecule has 1 atom stereocenters. The van der Waals surface area contributed by atoms with Crippen molar-refractivity contribution in [2.75, 3.05) is 6.61 Å². The molecule has 0 fully saturated rings. The average molecular weight is 344 g/mol. The fraction of sp³-hybridized carbons (Fsp3) is 0.533. The molecule has 0 amide bonds. The topological polar surface area (TPSA) is 47.6 Å². The molecule has 0 radical (unpaired) electrons. The number of hydrogen-bond acceptors (Lipinski definition) is 4. The third-order valence-corrected chi connectivity index (χ3v) is 3.42. The quantitative estimate of drug-likeness (QED) is 0.771. The highest BCUT2D eigenvalue weighted by Gasteiger charge is 2.16. The number of ether oxygens (including phenoxy) is 2. The van der Waals surface area contributed by atoms with Gasteiger partial charge in [-0.2, -0.15) is 0 Å². The van der Waals surface area contributed by atoms with Gasteiger partial charge < -0.3 is 14.8 Å². The first-order chi connectivity index (χ1) is 9.43. The van der Waals surface area contributed by atoms with E-state index in [1.807, 2.05) is 18.2 Å². The fourth-order valence-electron chi connectivity index (χ4n) is 1.59. The van der Waals surface area contributed by atoms with E-state index in [4.69, 9.17) is 9.47 Å². The number of carbonyl (C=O) groups excluding carboxylic acids is 1. The molecule has 5 heteroatoms. The predicted octanol–water partition coefficient (Wildman–Crippen LogP) is 3.28. The van der Waals surface area contributed by atoms with Gasteiger partial charge >= 0.3 is 5.97 Å².